The molecule has 17 heteroatoms. The summed E-state index contributed by atoms with van der Waals surface area (Å²) >= 11 is 0. The van der Waals surface area contributed by atoms with Crippen molar-refractivity contribution >= 4 is 29.4 Å². The van der Waals surface area contributed by atoms with Crippen LogP contribution in [0, 0.1) is 13.8 Å². The van der Waals surface area contributed by atoms with E-state index in [0.29, 0.717) is 5.56 Å². The Kier molecular flexibility index (Phi) is 13.6. The molecule has 64 heavy (non-hydrogen) atoms. The lowest BCUT2D eigenvalue weighted by molar-refractivity contribution is -0.249. The number of fused-ring (bicyclic) bond motifs is 3. The molecule has 2 amide bonds. The topological polar surface area (TPSA) is 274 Å². The van der Waals surface area contributed by atoms with Crippen molar-refractivity contribution in [2.24, 2.45) is 5.73 Å². The van der Waals surface area contributed by atoms with Crippen molar-refractivity contribution in [3.63, 3.8) is 0 Å². The number of phenolic OH excluding ortho intramolecular Hbond substituents is 2. The third-order valence-electron chi connectivity index (χ3n) is 12.9. The predicted molar refractivity (Wildman–Crippen MR) is 228 cm³/mol. The Labute approximate surface area is 369 Å². The second-order valence-electron chi connectivity index (χ2n) is 17.2. The summed E-state index contributed by atoms with van der Waals surface area (Å²) in [6.07, 6.45) is 0.333. The SMILES string of the molecule is COc1cccc2c1C(=O)c1c(O)c3c(c(O)c1C2=O)C[C@@](O)(C(=O)CO)C[C@@H]3OC1CC(NC(=O)OCc2cc(C)c(CC(=O)NC3CC/C=C/CCC3N)c(C)c2)[C@H](O)C(C)O1. The number of rotatable bonds is 11. The Morgan fingerprint density at radius 2 is 1.64 bits per heavy atom. The number of nitrogens with one attached hydrogen (secondary N) is 2. The zero-order chi connectivity index (χ0) is 46.2. The van der Waals surface area contributed by atoms with Gasteiger partial charge in [-0.1, -0.05) is 36.4 Å². The maximum atomic E-state index is 14.0. The number of hydrogen-bond acceptors (Lipinski definition) is 15. The number of Topliss-reactive ketones (excluding diaryl/α,β-unsaturated/α-hetero) is 1. The quantitative estimate of drug-likeness (QED) is 0.0794. The number of ether oxygens (including phenoxy) is 4. The number of aryl methyl sites for hydroxylation is 2. The zero-order valence-electron chi connectivity index (χ0n) is 36.1. The highest BCUT2D eigenvalue weighted by molar-refractivity contribution is 6.31. The molecule has 9 N–H and O–H groups in total. The van der Waals surface area contributed by atoms with E-state index < -0.39 is 102 Å². The third kappa shape index (κ3) is 9.01. The van der Waals surface area contributed by atoms with Gasteiger partial charge in [-0.3, -0.25) is 19.2 Å². The molecule has 7 rings (SSSR count). The van der Waals surface area contributed by atoms with Crippen molar-refractivity contribution in [3.05, 3.63) is 98.1 Å². The van der Waals surface area contributed by atoms with E-state index in [1.165, 1.54) is 32.2 Å². The van der Waals surface area contributed by atoms with Gasteiger partial charge in [0.15, 0.2) is 17.9 Å². The van der Waals surface area contributed by atoms with Crippen LogP contribution in [0.25, 0.3) is 0 Å². The molecule has 0 spiro atoms. The Morgan fingerprint density at radius 3 is 2.33 bits per heavy atom. The number of carbonyl (C=O) groups is 5. The normalized spacial score (nSPS) is 26.9. The summed E-state index contributed by atoms with van der Waals surface area (Å²) in [5, 5.41) is 61.8. The van der Waals surface area contributed by atoms with Crippen molar-refractivity contribution in [1.29, 1.82) is 0 Å². The van der Waals surface area contributed by atoms with Crippen molar-refractivity contribution in [2.45, 2.75) is 127 Å². The fourth-order valence-electron chi connectivity index (χ4n) is 9.46. The molecule has 17 nitrogen and oxygen atoms in total. The Hall–Kier alpha value is -5.69. The van der Waals surface area contributed by atoms with E-state index in [1.807, 2.05) is 26.0 Å². The van der Waals surface area contributed by atoms with E-state index in [4.69, 9.17) is 24.7 Å². The van der Waals surface area contributed by atoms with Crippen molar-refractivity contribution in [1.82, 2.24) is 10.6 Å². The standard InChI is InChI=1S/C47H55N3O14/c1-22-14-25(15-23(2)27(22)16-35(53)49-30-12-8-6-5-7-11-29(30)48)21-62-46(59)50-31-17-36(63-24(3)41(31)54)64-33-19-47(60,34(52)20-51)18-28-38(33)45(58)40-39(43(28)56)42(55)26-10-9-13-32(61-4)37(26)44(40)57/h5-6,9-10,13-15,24,29-31,33,36,41,51,54,56,58,60H,7-8,11-12,16-21,48H2,1-4H3,(H,49,53)(H,50,59)/b6-5+/t24?,29?,30?,31?,33-,36?,41+,47-/m0/s1. The highest BCUT2D eigenvalue weighted by Gasteiger charge is 2.50. The van der Waals surface area contributed by atoms with Crippen LogP contribution in [-0.2, 0) is 43.2 Å². The molecular formula is C47H55N3O14. The second kappa shape index (κ2) is 18.8. The van der Waals surface area contributed by atoms with Gasteiger partial charge < -0.3 is 60.8 Å². The van der Waals surface area contributed by atoms with E-state index in [2.05, 4.69) is 22.8 Å². The van der Waals surface area contributed by atoms with Gasteiger partial charge in [-0.05, 0) is 74.8 Å². The van der Waals surface area contributed by atoms with E-state index in [1.54, 1.807) is 0 Å². The molecule has 1 saturated heterocycles. The molecule has 1 fully saturated rings. The first-order valence-electron chi connectivity index (χ1n) is 21.4. The Morgan fingerprint density at radius 1 is 0.953 bits per heavy atom. The number of allylic oxidation sites excluding steroid dienone is 2. The first-order valence-corrected chi connectivity index (χ1v) is 21.4. The average Bonchev–Trinajstić information content (AvgIpc) is 3.25. The first kappa shape index (κ1) is 46.3. The first-order chi connectivity index (χ1) is 30.5. The number of aliphatic hydroxyl groups is 3. The van der Waals surface area contributed by atoms with Gasteiger partial charge in [-0.15, -0.1) is 0 Å². The number of nitrogens with two attached hydrogens (primary N) is 1. The van der Waals surface area contributed by atoms with Gasteiger partial charge in [0.25, 0.3) is 0 Å². The van der Waals surface area contributed by atoms with Gasteiger partial charge in [-0.25, -0.2) is 4.79 Å². The lowest BCUT2D eigenvalue weighted by Crippen LogP contribution is -2.56. The number of alkyl carbamates (subject to hydrolysis) is 1. The molecule has 3 aliphatic carbocycles. The molecule has 0 bridgehead atoms. The van der Waals surface area contributed by atoms with Crippen LogP contribution in [0.4, 0.5) is 4.79 Å². The number of aromatic hydroxyl groups is 2. The molecule has 0 saturated carbocycles. The summed E-state index contributed by atoms with van der Waals surface area (Å²) < 4.78 is 23.1. The number of methoxy groups -OCH3 is 1. The molecule has 8 atom stereocenters. The van der Waals surface area contributed by atoms with Crippen LogP contribution in [0.15, 0.2) is 42.5 Å². The van der Waals surface area contributed by atoms with Crippen molar-refractivity contribution in [3.8, 4) is 17.2 Å². The van der Waals surface area contributed by atoms with Gasteiger partial charge in [0.2, 0.25) is 11.7 Å². The molecule has 5 unspecified atom stereocenters. The largest absolute Gasteiger partial charge is 0.507 e. The molecule has 1 aliphatic heterocycles. The second-order valence-corrected chi connectivity index (χ2v) is 17.2. The van der Waals surface area contributed by atoms with Crippen LogP contribution >= 0.6 is 0 Å². The van der Waals surface area contributed by atoms with Gasteiger partial charge in [0.1, 0.15) is 42.2 Å². The summed E-state index contributed by atoms with van der Waals surface area (Å²) in [5.41, 5.74) is 5.41. The lowest BCUT2D eigenvalue weighted by atomic mass is 9.72. The summed E-state index contributed by atoms with van der Waals surface area (Å²) in [7, 11) is 1.31. The highest BCUT2D eigenvalue weighted by Crippen LogP contribution is 2.52. The average molecular weight is 886 g/mol. The van der Waals surface area contributed by atoms with Gasteiger partial charge >= 0.3 is 6.09 Å². The van der Waals surface area contributed by atoms with Gasteiger partial charge in [0, 0.05) is 48.0 Å². The minimum atomic E-state index is -2.36. The minimum Gasteiger partial charge on any atom is -0.507 e. The Balaban J connectivity index is 1.06. The van der Waals surface area contributed by atoms with Gasteiger partial charge in [0.05, 0.1) is 48.5 Å². The van der Waals surface area contributed by atoms with Crippen LogP contribution in [-0.4, -0.2) is 111 Å². The number of amides is 2. The number of aliphatic hydroxyl groups excluding tert-OH is 2. The molecule has 3 aromatic rings. The molecule has 4 aliphatic rings. The van der Waals surface area contributed by atoms with E-state index >= 15 is 0 Å². The molecule has 3 aromatic carbocycles. The molecule has 342 valence electrons. The number of ketones is 3. The molecule has 0 radical (unpaired) electrons. The predicted octanol–water partition coefficient (Wildman–Crippen LogP) is 3.07. The van der Waals surface area contributed by atoms with Crippen LogP contribution in [0.1, 0.15) is 117 Å². The summed E-state index contributed by atoms with van der Waals surface area (Å²) in [6.45, 7) is 4.04. The van der Waals surface area contributed by atoms with E-state index in [0.717, 1.165) is 42.4 Å². The fourth-order valence-corrected chi connectivity index (χ4v) is 9.46. The van der Waals surface area contributed by atoms with Gasteiger partial charge in [-0.2, -0.15) is 0 Å². The summed E-state index contributed by atoms with van der Waals surface area (Å²) in [5.74, 6) is -4.26. The molecule has 0 aromatic heterocycles. The lowest BCUT2D eigenvalue weighted by Gasteiger charge is -2.42. The monoisotopic (exact) mass is 885 g/mol. The van der Waals surface area contributed by atoms with Crippen molar-refractivity contribution < 1.29 is 68.5 Å². The van der Waals surface area contributed by atoms with Crippen LogP contribution in [0.3, 0.4) is 0 Å². The van der Waals surface area contributed by atoms with Crippen LogP contribution in [0.5, 0.6) is 17.2 Å². The zero-order valence-corrected chi connectivity index (χ0v) is 36.1. The smallest absolute Gasteiger partial charge is 0.407 e. The molecular weight excluding hydrogens is 831 g/mol. The van der Waals surface area contributed by atoms with Crippen LogP contribution < -0.4 is 21.1 Å². The molecule has 1 heterocycles. The fraction of sp³-hybridized carbons (Fsp3) is 0.468. The van der Waals surface area contributed by atoms with E-state index in [-0.39, 0.29) is 65.4 Å². The number of hydrogen-bond donors (Lipinski definition) is 8. The van der Waals surface area contributed by atoms with E-state index in [9.17, 15) is 49.5 Å². The number of benzene rings is 3. The maximum absolute atomic E-state index is 14.0. The van der Waals surface area contributed by atoms with Crippen molar-refractivity contribution in [2.75, 3.05) is 13.7 Å². The van der Waals surface area contributed by atoms with Crippen LogP contribution in [0.2, 0.25) is 0 Å². The maximum Gasteiger partial charge on any atom is 0.407 e. The third-order valence-corrected chi connectivity index (χ3v) is 12.9. The minimum absolute atomic E-state index is 0.0538. The number of phenols is 2. The summed E-state index contributed by atoms with van der Waals surface area (Å²) in [6, 6.07) is 6.70. The number of carbonyl (C=O) groups excluding carboxylic acids is 5. The Bertz CT molecular complexity index is 2370. The highest BCUT2D eigenvalue weighted by atomic mass is 16.7. The summed E-state index contributed by atoms with van der Waals surface area (Å²) in [4.78, 5) is 67.2.